The average Bonchev–Trinajstić information content (AvgIpc) is 2.96. The minimum atomic E-state index is 0.615. The largest absolute Gasteiger partial charge is 0.491 e. The molecular weight excluding hydrogens is 292 g/mol. The molecule has 0 saturated carbocycles. The highest BCUT2D eigenvalue weighted by atomic mass is 32.1. The van der Waals surface area contributed by atoms with E-state index in [-0.39, 0.29) is 0 Å². The van der Waals surface area contributed by atoms with Crippen LogP contribution in [-0.4, -0.2) is 11.6 Å². The molecule has 1 aromatic heterocycles. The lowest BCUT2D eigenvalue weighted by molar-refractivity contribution is 0.323. The summed E-state index contributed by atoms with van der Waals surface area (Å²) < 4.78 is 5.79. The number of nitrogens with zero attached hydrogens (tertiary/aromatic N) is 1. The lowest BCUT2D eigenvalue weighted by Crippen LogP contribution is -2.03. The lowest BCUT2D eigenvalue weighted by atomic mass is 10.1. The van der Waals surface area contributed by atoms with Gasteiger partial charge in [0, 0.05) is 23.1 Å². The Kier molecular flexibility index (Phi) is 4.39. The van der Waals surface area contributed by atoms with Gasteiger partial charge >= 0.3 is 0 Å². The molecule has 2 aromatic carbocycles. The van der Waals surface area contributed by atoms with Gasteiger partial charge in [-0.15, -0.1) is 11.3 Å². The Labute approximate surface area is 134 Å². The molecule has 0 atom stereocenters. The average molecular weight is 310 g/mol. The number of aryl methyl sites for hydroxylation is 1. The molecular formula is C18H18N2OS. The van der Waals surface area contributed by atoms with Gasteiger partial charge in [-0.2, -0.15) is 0 Å². The summed E-state index contributed by atoms with van der Waals surface area (Å²) in [6.45, 7) is 2.66. The number of hydrogen-bond acceptors (Lipinski definition) is 4. The van der Waals surface area contributed by atoms with Gasteiger partial charge in [0.2, 0.25) is 0 Å². The second-order valence-corrected chi connectivity index (χ2v) is 6.35. The number of benzene rings is 2. The molecule has 0 saturated heterocycles. The van der Waals surface area contributed by atoms with Gasteiger partial charge in [0.25, 0.3) is 0 Å². The van der Waals surface area contributed by atoms with E-state index >= 15 is 0 Å². The van der Waals surface area contributed by atoms with Crippen molar-refractivity contribution in [1.82, 2.24) is 4.98 Å². The molecule has 0 spiro atoms. The summed E-state index contributed by atoms with van der Waals surface area (Å²) in [5.74, 6) is 0.730. The van der Waals surface area contributed by atoms with Crippen LogP contribution in [-0.2, 0) is 6.42 Å². The smallest absolute Gasteiger partial charge is 0.142 e. The fourth-order valence-corrected chi connectivity index (χ4v) is 2.99. The van der Waals surface area contributed by atoms with E-state index in [1.54, 1.807) is 11.3 Å². The van der Waals surface area contributed by atoms with Crippen LogP contribution in [0.15, 0.2) is 54.7 Å². The van der Waals surface area contributed by atoms with E-state index < -0.39 is 0 Å². The highest BCUT2D eigenvalue weighted by molar-refractivity contribution is 7.14. The molecule has 4 heteroatoms. The number of anilines is 1. The number of aromatic nitrogens is 1. The first-order valence-electron chi connectivity index (χ1n) is 7.21. The van der Waals surface area contributed by atoms with E-state index in [1.807, 2.05) is 49.5 Å². The van der Waals surface area contributed by atoms with Crippen molar-refractivity contribution >= 4 is 17.0 Å². The summed E-state index contributed by atoms with van der Waals surface area (Å²) in [5, 5.41) is 0.986. The maximum atomic E-state index is 6.10. The first-order chi connectivity index (χ1) is 10.7. The summed E-state index contributed by atoms with van der Waals surface area (Å²) in [5.41, 5.74) is 9.04. The van der Waals surface area contributed by atoms with E-state index in [0.717, 1.165) is 22.7 Å². The molecule has 0 fully saturated rings. The Morgan fingerprint density at radius 2 is 1.95 bits per heavy atom. The molecule has 0 aliphatic carbocycles. The molecule has 0 amide bonds. The Hall–Kier alpha value is -2.33. The molecule has 112 valence electrons. The monoisotopic (exact) mass is 310 g/mol. The van der Waals surface area contributed by atoms with Crippen LogP contribution in [0.2, 0.25) is 0 Å². The Morgan fingerprint density at radius 1 is 1.14 bits per heavy atom. The first kappa shape index (κ1) is 14.6. The fourth-order valence-electron chi connectivity index (χ4n) is 2.22. The third-order valence-corrected chi connectivity index (χ3v) is 4.33. The maximum Gasteiger partial charge on any atom is 0.142 e. The number of rotatable bonds is 5. The summed E-state index contributed by atoms with van der Waals surface area (Å²) in [4.78, 5) is 5.57. The van der Waals surface area contributed by atoms with Crippen LogP contribution in [0.4, 0.5) is 5.69 Å². The van der Waals surface area contributed by atoms with E-state index in [0.29, 0.717) is 12.3 Å². The van der Waals surface area contributed by atoms with Crippen molar-refractivity contribution in [1.29, 1.82) is 0 Å². The van der Waals surface area contributed by atoms with Crippen LogP contribution >= 0.6 is 11.3 Å². The van der Waals surface area contributed by atoms with Crippen LogP contribution in [0.1, 0.15) is 10.4 Å². The summed E-state index contributed by atoms with van der Waals surface area (Å²) in [6.07, 6.45) is 2.74. The van der Waals surface area contributed by atoms with Crippen molar-refractivity contribution in [3.8, 4) is 16.3 Å². The van der Waals surface area contributed by atoms with Crippen LogP contribution < -0.4 is 10.5 Å². The molecule has 22 heavy (non-hydrogen) atoms. The number of nitrogen functional groups attached to an aromatic ring is 1. The highest BCUT2D eigenvalue weighted by Crippen LogP contribution is 2.30. The molecule has 0 aliphatic heterocycles. The zero-order valence-electron chi connectivity index (χ0n) is 12.5. The van der Waals surface area contributed by atoms with Crippen LogP contribution in [0.25, 0.3) is 10.6 Å². The molecule has 0 aliphatic rings. The van der Waals surface area contributed by atoms with Gasteiger partial charge in [0.15, 0.2) is 0 Å². The van der Waals surface area contributed by atoms with Crippen molar-refractivity contribution in [2.75, 3.05) is 12.3 Å². The highest BCUT2D eigenvalue weighted by Gasteiger charge is 2.07. The van der Waals surface area contributed by atoms with Gasteiger partial charge in [0.05, 0.1) is 12.3 Å². The molecule has 1 heterocycles. The van der Waals surface area contributed by atoms with Crippen molar-refractivity contribution in [2.24, 2.45) is 0 Å². The van der Waals surface area contributed by atoms with Gasteiger partial charge in [-0.05, 0) is 30.7 Å². The minimum Gasteiger partial charge on any atom is -0.491 e. The van der Waals surface area contributed by atoms with Gasteiger partial charge in [-0.25, -0.2) is 4.98 Å². The first-order valence-corrected chi connectivity index (χ1v) is 8.03. The molecule has 0 bridgehead atoms. The van der Waals surface area contributed by atoms with Gasteiger partial charge in [-0.3, -0.25) is 0 Å². The standard InChI is InChI=1S/C18H18N2OS/c1-13-12-20-18(22-13)15-7-8-17(16(19)11-15)21-10-9-14-5-3-2-4-6-14/h2-8,11-12H,9-10,19H2,1H3. The predicted molar refractivity (Wildman–Crippen MR) is 92.3 cm³/mol. The molecule has 3 aromatic rings. The van der Waals surface area contributed by atoms with Crippen molar-refractivity contribution < 1.29 is 4.74 Å². The zero-order valence-corrected chi connectivity index (χ0v) is 13.3. The third kappa shape index (κ3) is 3.46. The Morgan fingerprint density at radius 3 is 2.64 bits per heavy atom. The van der Waals surface area contributed by atoms with E-state index in [9.17, 15) is 0 Å². The molecule has 3 nitrogen and oxygen atoms in total. The normalized spacial score (nSPS) is 10.6. The second-order valence-electron chi connectivity index (χ2n) is 5.11. The number of hydrogen-bond donors (Lipinski definition) is 1. The van der Waals surface area contributed by atoms with E-state index in [4.69, 9.17) is 10.5 Å². The van der Waals surface area contributed by atoms with Crippen LogP contribution in [0.3, 0.4) is 0 Å². The maximum absolute atomic E-state index is 6.10. The summed E-state index contributed by atoms with van der Waals surface area (Å²) in [6, 6.07) is 16.1. The predicted octanol–water partition coefficient (Wildman–Crippen LogP) is 4.32. The topological polar surface area (TPSA) is 48.1 Å². The number of ether oxygens (including phenoxy) is 1. The Bertz CT molecular complexity index is 753. The Balaban J connectivity index is 1.65. The van der Waals surface area contributed by atoms with Crippen molar-refractivity contribution in [3.05, 3.63) is 65.2 Å². The van der Waals surface area contributed by atoms with Gasteiger partial charge < -0.3 is 10.5 Å². The number of nitrogens with two attached hydrogens (primary N) is 1. The summed E-state index contributed by atoms with van der Waals surface area (Å²) in [7, 11) is 0. The SMILES string of the molecule is Cc1cnc(-c2ccc(OCCc3ccccc3)c(N)c2)s1. The van der Waals surface area contributed by atoms with Crippen LogP contribution in [0.5, 0.6) is 5.75 Å². The molecule has 0 unspecified atom stereocenters. The lowest BCUT2D eigenvalue weighted by Gasteiger charge is -2.10. The zero-order chi connectivity index (χ0) is 15.4. The van der Waals surface area contributed by atoms with E-state index in [1.165, 1.54) is 10.4 Å². The van der Waals surface area contributed by atoms with Crippen molar-refractivity contribution in [2.45, 2.75) is 13.3 Å². The molecule has 2 N–H and O–H groups in total. The molecule has 0 radical (unpaired) electrons. The second kappa shape index (κ2) is 6.62. The third-order valence-electron chi connectivity index (χ3n) is 3.37. The van der Waals surface area contributed by atoms with Gasteiger partial charge in [0.1, 0.15) is 10.8 Å². The van der Waals surface area contributed by atoms with E-state index in [2.05, 4.69) is 17.1 Å². The fraction of sp³-hybridized carbons (Fsp3) is 0.167. The molecule has 3 rings (SSSR count). The minimum absolute atomic E-state index is 0.615. The van der Waals surface area contributed by atoms with Crippen LogP contribution in [0, 0.1) is 6.92 Å². The quantitative estimate of drug-likeness (QED) is 0.714. The summed E-state index contributed by atoms with van der Waals surface area (Å²) >= 11 is 1.66. The van der Waals surface area contributed by atoms with Crippen molar-refractivity contribution in [3.63, 3.8) is 0 Å². The number of thiazole rings is 1. The van der Waals surface area contributed by atoms with Gasteiger partial charge in [-0.1, -0.05) is 30.3 Å².